The van der Waals surface area contributed by atoms with Crippen LogP contribution in [0.15, 0.2) is 30.3 Å². The minimum atomic E-state index is -4.60. The molecule has 3 aromatic rings. The Hall–Kier alpha value is -3.15. The first-order chi connectivity index (χ1) is 17.5. The van der Waals surface area contributed by atoms with Gasteiger partial charge in [-0.05, 0) is 38.3 Å². The van der Waals surface area contributed by atoms with Gasteiger partial charge in [0.05, 0.1) is 35.2 Å². The average molecular weight is 537 g/mol. The van der Waals surface area contributed by atoms with Gasteiger partial charge in [-0.15, -0.1) is 0 Å². The van der Waals surface area contributed by atoms with E-state index in [1.165, 1.54) is 18.2 Å². The zero-order valence-electron chi connectivity index (χ0n) is 19.9. The maximum atomic E-state index is 15.2. The minimum absolute atomic E-state index is 0.0670. The van der Waals surface area contributed by atoms with Crippen LogP contribution in [0.2, 0.25) is 0 Å². The summed E-state index contributed by atoms with van der Waals surface area (Å²) in [4.78, 5) is 9.22. The van der Waals surface area contributed by atoms with Crippen LogP contribution in [-0.4, -0.2) is 37.3 Å². The van der Waals surface area contributed by atoms with Crippen LogP contribution in [0.1, 0.15) is 49.2 Å². The number of fused-ring (bicyclic) bond motifs is 5. The van der Waals surface area contributed by atoms with Crippen molar-refractivity contribution in [1.29, 1.82) is 0 Å². The largest absolute Gasteiger partial charge is 0.492 e. The first-order valence-electron chi connectivity index (χ1n) is 12.1. The number of nitrogens with one attached hydrogen (secondary N) is 1. The van der Waals surface area contributed by atoms with Crippen molar-refractivity contribution < 1.29 is 30.7 Å². The molecule has 12 heteroatoms. The molecule has 1 N–H and O–H groups in total. The van der Waals surface area contributed by atoms with Crippen LogP contribution in [0.25, 0.3) is 10.9 Å². The van der Waals surface area contributed by atoms with Crippen molar-refractivity contribution in [3.05, 3.63) is 53.1 Å². The molecule has 2 bridgehead atoms. The molecular weight excluding hydrogens is 512 g/mol. The molecule has 1 aromatic heterocycles. The lowest BCUT2D eigenvalue weighted by atomic mass is 10.0. The number of alkyl halides is 3. The SMILES string of the molecule is C[C@H]1Nc2nc(nc3cc(F)c(N4CCCS4(=O)=O)cc23)CC2(CC2)COc2c1cccc2C(F)(F)F. The van der Waals surface area contributed by atoms with Gasteiger partial charge in [-0.3, -0.25) is 4.31 Å². The molecule has 0 radical (unpaired) electrons. The fraction of sp³-hybridized carbons (Fsp3) is 0.440. The Kier molecular flexibility index (Phi) is 5.35. The van der Waals surface area contributed by atoms with Crippen LogP contribution in [0, 0.1) is 11.2 Å². The van der Waals surface area contributed by atoms with Gasteiger partial charge >= 0.3 is 6.18 Å². The maximum absolute atomic E-state index is 15.2. The molecular formula is C25H24F4N4O3S. The average Bonchev–Trinajstić information content (AvgIpc) is 3.49. The first-order valence-corrected chi connectivity index (χ1v) is 13.7. The van der Waals surface area contributed by atoms with E-state index < -0.39 is 39.0 Å². The normalized spacial score (nSPS) is 22.2. The van der Waals surface area contributed by atoms with Crippen LogP contribution in [-0.2, 0) is 22.6 Å². The van der Waals surface area contributed by atoms with Gasteiger partial charge in [0.15, 0.2) is 0 Å². The second-order valence-corrected chi connectivity index (χ2v) is 12.1. The maximum Gasteiger partial charge on any atom is 0.419 e. The summed E-state index contributed by atoms with van der Waals surface area (Å²) in [6, 6.07) is 5.86. The molecule has 2 fully saturated rings. The third-order valence-corrected chi connectivity index (χ3v) is 9.22. The molecule has 1 saturated carbocycles. The highest BCUT2D eigenvalue weighted by molar-refractivity contribution is 7.93. The van der Waals surface area contributed by atoms with E-state index in [1.54, 1.807) is 13.0 Å². The van der Waals surface area contributed by atoms with E-state index in [0.29, 0.717) is 35.4 Å². The van der Waals surface area contributed by atoms with E-state index in [1.807, 2.05) is 0 Å². The van der Waals surface area contributed by atoms with Gasteiger partial charge < -0.3 is 10.1 Å². The van der Waals surface area contributed by atoms with Crippen molar-refractivity contribution in [2.24, 2.45) is 5.41 Å². The quantitative estimate of drug-likeness (QED) is 0.430. The molecule has 7 nitrogen and oxygen atoms in total. The number of ether oxygens (including phenoxy) is 1. The highest BCUT2D eigenvalue weighted by Crippen LogP contribution is 2.50. The second-order valence-electron chi connectivity index (χ2n) is 10.1. The van der Waals surface area contributed by atoms with Crippen molar-refractivity contribution >= 4 is 32.4 Å². The van der Waals surface area contributed by atoms with Crippen LogP contribution in [0.5, 0.6) is 5.75 Å². The molecule has 1 aliphatic carbocycles. The molecule has 37 heavy (non-hydrogen) atoms. The van der Waals surface area contributed by atoms with E-state index in [0.717, 1.165) is 23.2 Å². The van der Waals surface area contributed by atoms with Crippen LogP contribution in [0.4, 0.5) is 29.1 Å². The van der Waals surface area contributed by atoms with Crippen LogP contribution < -0.4 is 14.4 Å². The number of sulfonamides is 1. The number of hydrogen-bond donors (Lipinski definition) is 1. The third-order valence-electron chi connectivity index (χ3n) is 7.36. The lowest BCUT2D eigenvalue weighted by Crippen LogP contribution is -2.26. The zero-order chi connectivity index (χ0) is 26.2. The van der Waals surface area contributed by atoms with E-state index in [4.69, 9.17) is 4.74 Å². The zero-order valence-corrected chi connectivity index (χ0v) is 20.7. The Bertz CT molecular complexity index is 1520. The Labute approximate surface area is 210 Å². The number of nitrogens with zero attached hydrogens (tertiary/aromatic N) is 3. The standard InChI is InChI=1S/C25H24F4N4O3S/c1-14-15-4-2-5-17(25(27,28)29)22(15)36-13-24(6-7-24)12-21-31-19-11-18(26)20(10-16(19)23(30-14)32-21)33-8-3-9-37(33,34)35/h2,4-5,10-11,14H,3,6-9,12-13H2,1H3,(H,30,31,32)/t14-/m1/s1. The summed E-state index contributed by atoms with van der Waals surface area (Å²) < 4.78 is 88.7. The predicted octanol–water partition coefficient (Wildman–Crippen LogP) is 5.22. The van der Waals surface area contributed by atoms with Gasteiger partial charge in [0.2, 0.25) is 10.0 Å². The number of hydrogen-bond acceptors (Lipinski definition) is 6. The molecule has 6 rings (SSSR count). The van der Waals surface area contributed by atoms with Gasteiger partial charge in [-0.1, -0.05) is 12.1 Å². The molecule has 1 saturated heterocycles. The van der Waals surface area contributed by atoms with Crippen molar-refractivity contribution in [1.82, 2.24) is 9.97 Å². The molecule has 196 valence electrons. The van der Waals surface area contributed by atoms with Gasteiger partial charge in [0, 0.05) is 35.4 Å². The molecule has 3 heterocycles. The summed E-state index contributed by atoms with van der Waals surface area (Å²) in [6.07, 6.45) is -2.36. The number of aromatic nitrogens is 2. The number of rotatable bonds is 1. The van der Waals surface area contributed by atoms with Crippen molar-refractivity contribution in [2.45, 2.75) is 44.8 Å². The van der Waals surface area contributed by atoms with E-state index >= 15 is 4.39 Å². The van der Waals surface area contributed by atoms with Crippen molar-refractivity contribution in [3.63, 3.8) is 0 Å². The lowest BCUT2D eigenvalue weighted by molar-refractivity contribution is -0.139. The summed E-state index contributed by atoms with van der Waals surface area (Å²) in [5.74, 6) is -0.278. The summed E-state index contributed by atoms with van der Waals surface area (Å²) in [7, 11) is -3.64. The molecule has 0 unspecified atom stereocenters. The van der Waals surface area contributed by atoms with Gasteiger partial charge in [-0.25, -0.2) is 22.8 Å². The molecule has 1 atom stereocenters. The highest BCUT2D eigenvalue weighted by atomic mass is 32.2. The fourth-order valence-electron chi connectivity index (χ4n) is 5.15. The summed E-state index contributed by atoms with van der Waals surface area (Å²) in [6.45, 7) is 1.93. The van der Waals surface area contributed by atoms with E-state index in [9.17, 15) is 21.6 Å². The topological polar surface area (TPSA) is 84.4 Å². The number of halogens is 4. The molecule has 2 aliphatic heterocycles. The number of para-hydroxylation sites is 1. The smallest absolute Gasteiger partial charge is 0.419 e. The van der Waals surface area contributed by atoms with Crippen molar-refractivity contribution in [2.75, 3.05) is 28.5 Å². The van der Waals surface area contributed by atoms with Gasteiger partial charge in [-0.2, -0.15) is 13.2 Å². The summed E-state index contributed by atoms with van der Waals surface area (Å²) >= 11 is 0. The molecule has 2 aromatic carbocycles. The Morgan fingerprint density at radius 3 is 2.65 bits per heavy atom. The Morgan fingerprint density at radius 1 is 1.19 bits per heavy atom. The number of benzene rings is 2. The number of anilines is 2. The summed E-state index contributed by atoms with van der Waals surface area (Å²) in [5, 5.41) is 3.56. The van der Waals surface area contributed by atoms with E-state index in [2.05, 4.69) is 15.3 Å². The third kappa shape index (κ3) is 4.24. The highest BCUT2D eigenvalue weighted by Gasteiger charge is 2.46. The summed E-state index contributed by atoms with van der Waals surface area (Å²) in [5.41, 5.74) is -0.748. The van der Waals surface area contributed by atoms with Crippen molar-refractivity contribution in [3.8, 4) is 5.75 Å². The first kappa shape index (κ1) is 24.2. The van der Waals surface area contributed by atoms with Crippen LogP contribution in [0.3, 0.4) is 0 Å². The van der Waals surface area contributed by atoms with Gasteiger partial charge in [0.25, 0.3) is 0 Å². The molecule has 0 amide bonds. The Morgan fingerprint density at radius 2 is 1.97 bits per heavy atom. The van der Waals surface area contributed by atoms with Gasteiger partial charge in [0.1, 0.15) is 23.2 Å². The minimum Gasteiger partial charge on any atom is -0.492 e. The lowest BCUT2D eigenvalue weighted by Gasteiger charge is -2.23. The fourth-order valence-corrected chi connectivity index (χ4v) is 6.71. The van der Waals surface area contributed by atoms with Crippen LogP contribution >= 0.6 is 0 Å². The molecule has 1 spiro atoms. The Balaban J connectivity index is 1.52. The van der Waals surface area contributed by atoms with E-state index in [-0.39, 0.29) is 35.9 Å². The second kappa shape index (κ2) is 8.17. The predicted molar refractivity (Wildman–Crippen MR) is 130 cm³/mol. The monoisotopic (exact) mass is 536 g/mol. The molecule has 3 aliphatic rings.